The summed E-state index contributed by atoms with van der Waals surface area (Å²) in [4.78, 5) is 28.5. The average Bonchev–Trinajstić information content (AvgIpc) is 3.32. The minimum absolute atomic E-state index is 0.0764. The molecule has 2 aliphatic heterocycles. The zero-order valence-corrected chi connectivity index (χ0v) is 18.9. The van der Waals surface area contributed by atoms with Gasteiger partial charge in [0.05, 0.1) is 34.2 Å². The summed E-state index contributed by atoms with van der Waals surface area (Å²) in [7, 11) is -3.25. The number of rotatable bonds is 4. The number of carbonyl (C=O) groups is 1. The molecular weight excluding hydrogens is 460 g/mol. The van der Waals surface area contributed by atoms with Crippen LogP contribution in [0.25, 0.3) is 10.9 Å². The van der Waals surface area contributed by atoms with Gasteiger partial charge in [0.25, 0.3) is 5.56 Å². The molecule has 0 aliphatic carbocycles. The van der Waals surface area contributed by atoms with Crippen LogP contribution in [0.3, 0.4) is 0 Å². The number of benzene rings is 1. The van der Waals surface area contributed by atoms with E-state index in [1.165, 1.54) is 11.1 Å². The number of aromatic nitrogens is 3. The number of aromatic amines is 1. The summed E-state index contributed by atoms with van der Waals surface area (Å²) >= 11 is 0. The number of amides is 1. The Morgan fingerprint density at radius 3 is 2.76 bits per heavy atom. The van der Waals surface area contributed by atoms with Gasteiger partial charge in [0.15, 0.2) is 15.7 Å². The Hall–Kier alpha value is -3.85. The van der Waals surface area contributed by atoms with Crippen LogP contribution in [-0.2, 0) is 21.8 Å². The fourth-order valence-electron chi connectivity index (χ4n) is 4.90. The van der Waals surface area contributed by atoms with Crippen molar-refractivity contribution in [3.05, 3.63) is 46.4 Å². The summed E-state index contributed by atoms with van der Waals surface area (Å²) in [6.07, 6.45) is 1.81. The Labute approximate surface area is 194 Å². The number of H-pyrrole nitrogens is 1. The number of fused-ring (bicyclic) bond motifs is 2. The van der Waals surface area contributed by atoms with Crippen molar-refractivity contribution >= 4 is 38.3 Å². The number of nitriles is 1. The summed E-state index contributed by atoms with van der Waals surface area (Å²) < 4.78 is 25.9. The highest BCUT2D eigenvalue weighted by Crippen LogP contribution is 2.38. The molecular formula is C22H22N6O5S. The lowest BCUT2D eigenvalue weighted by Gasteiger charge is -2.40. The van der Waals surface area contributed by atoms with E-state index in [1.54, 1.807) is 28.9 Å². The van der Waals surface area contributed by atoms with E-state index in [-0.39, 0.29) is 36.6 Å². The predicted molar refractivity (Wildman–Crippen MR) is 123 cm³/mol. The second-order valence-corrected chi connectivity index (χ2v) is 10.8. The molecule has 176 valence electrons. The summed E-state index contributed by atoms with van der Waals surface area (Å²) in [5.41, 5.74) is 0.725. The van der Waals surface area contributed by atoms with Crippen molar-refractivity contribution in [2.24, 2.45) is 0 Å². The van der Waals surface area contributed by atoms with Crippen LogP contribution in [0.4, 0.5) is 16.3 Å². The Bertz CT molecular complexity index is 1510. The van der Waals surface area contributed by atoms with Gasteiger partial charge in [-0.05, 0) is 49.1 Å². The second-order valence-electron chi connectivity index (χ2n) is 8.67. The van der Waals surface area contributed by atoms with Gasteiger partial charge in [-0.3, -0.25) is 9.48 Å². The maximum atomic E-state index is 12.8. The smallest absolute Gasteiger partial charge is 0.407 e. The Balaban J connectivity index is 1.58. The number of nitrogens with zero attached hydrogens (tertiary/aromatic N) is 4. The van der Waals surface area contributed by atoms with Gasteiger partial charge in [-0.15, -0.1) is 0 Å². The van der Waals surface area contributed by atoms with Gasteiger partial charge in [-0.25, -0.2) is 13.2 Å². The van der Waals surface area contributed by atoms with Gasteiger partial charge >= 0.3 is 6.09 Å². The van der Waals surface area contributed by atoms with Crippen LogP contribution in [-0.4, -0.2) is 58.1 Å². The topological polar surface area (TPSA) is 161 Å². The summed E-state index contributed by atoms with van der Waals surface area (Å²) in [5, 5.41) is 27.1. The molecule has 0 bridgehead atoms. The third-order valence-corrected chi connectivity index (χ3v) is 8.53. The molecule has 3 N–H and O–H groups in total. The first-order chi connectivity index (χ1) is 16.2. The summed E-state index contributed by atoms with van der Waals surface area (Å²) in [6, 6.07) is 8.87. The number of piperidine rings is 1. The zero-order valence-electron chi connectivity index (χ0n) is 18.1. The van der Waals surface area contributed by atoms with Crippen molar-refractivity contribution in [3.63, 3.8) is 0 Å². The number of hydrogen-bond donors (Lipinski definition) is 3. The molecule has 34 heavy (non-hydrogen) atoms. The van der Waals surface area contributed by atoms with Gasteiger partial charge < -0.3 is 20.3 Å². The first kappa shape index (κ1) is 22.0. The van der Waals surface area contributed by atoms with Crippen LogP contribution in [0.15, 0.2) is 40.2 Å². The van der Waals surface area contributed by atoms with Crippen molar-refractivity contribution in [1.82, 2.24) is 19.7 Å². The number of likely N-dealkylation sites (tertiary alicyclic amines) is 1. The number of carboxylic acid groups (broad SMARTS) is 1. The van der Waals surface area contributed by atoms with Crippen LogP contribution in [0.5, 0.6) is 0 Å². The van der Waals surface area contributed by atoms with Crippen molar-refractivity contribution in [2.45, 2.75) is 36.1 Å². The van der Waals surface area contributed by atoms with Gasteiger partial charge in [0, 0.05) is 25.0 Å². The molecule has 1 aromatic carbocycles. The minimum Gasteiger partial charge on any atom is -0.465 e. The third kappa shape index (κ3) is 3.49. The SMILES string of the molecule is N#CCC1(n2nc(Nc3ccc4c(c3)CCS4(=O)=O)c3c(=O)[nH]ccc32)CCN(C(=O)O)CC1. The number of pyridine rings is 1. The predicted octanol–water partition coefficient (Wildman–Crippen LogP) is 2.18. The van der Waals surface area contributed by atoms with Gasteiger partial charge in [-0.1, -0.05) is 0 Å². The Morgan fingerprint density at radius 1 is 1.29 bits per heavy atom. The summed E-state index contributed by atoms with van der Waals surface area (Å²) in [5.74, 6) is 0.364. The first-order valence-electron chi connectivity index (χ1n) is 10.8. The van der Waals surface area contributed by atoms with E-state index in [2.05, 4.69) is 16.4 Å². The first-order valence-corrected chi connectivity index (χ1v) is 12.5. The molecule has 1 amide bonds. The van der Waals surface area contributed by atoms with Gasteiger partial charge in [0.2, 0.25) is 0 Å². The number of hydrogen-bond acceptors (Lipinski definition) is 7. The highest BCUT2D eigenvalue weighted by Gasteiger charge is 2.40. The molecule has 11 nitrogen and oxygen atoms in total. The molecule has 12 heteroatoms. The fraction of sp³-hybridized carbons (Fsp3) is 0.364. The lowest BCUT2D eigenvalue weighted by atomic mass is 9.85. The number of anilines is 2. The van der Waals surface area contributed by atoms with E-state index < -0.39 is 21.5 Å². The number of aryl methyl sites for hydroxylation is 1. The maximum absolute atomic E-state index is 12.8. The molecule has 4 heterocycles. The quantitative estimate of drug-likeness (QED) is 0.510. The Kier molecular flexibility index (Phi) is 5.09. The molecule has 5 rings (SSSR count). The van der Waals surface area contributed by atoms with Crippen molar-refractivity contribution < 1.29 is 18.3 Å². The minimum atomic E-state index is -3.25. The van der Waals surface area contributed by atoms with Crippen molar-refractivity contribution in [2.75, 3.05) is 24.2 Å². The van der Waals surface area contributed by atoms with Crippen LogP contribution < -0.4 is 10.9 Å². The van der Waals surface area contributed by atoms with Gasteiger partial charge in [0.1, 0.15) is 5.39 Å². The van der Waals surface area contributed by atoms with Gasteiger partial charge in [-0.2, -0.15) is 10.4 Å². The Morgan fingerprint density at radius 2 is 2.06 bits per heavy atom. The van der Waals surface area contributed by atoms with E-state index in [9.17, 15) is 28.4 Å². The summed E-state index contributed by atoms with van der Waals surface area (Å²) in [6.45, 7) is 0.507. The van der Waals surface area contributed by atoms with E-state index in [0.717, 1.165) is 0 Å². The number of nitrogens with one attached hydrogen (secondary N) is 2. The fourth-order valence-corrected chi connectivity index (χ4v) is 6.44. The molecule has 0 spiro atoms. The lowest BCUT2D eigenvalue weighted by Crippen LogP contribution is -2.48. The van der Waals surface area contributed by atoms with Crippen LogP contribution >= 0.6 is 0 Å². The van der Waals surface area contributed by atoms with Crippen molar-refractivity contribution in [1.29, 1.82) is 5.26 Å². The third-order valence-electron chi connectivity index (χ3n) is 6.72. The zero-order chi connectivity index (χ0) is 24.1. The average molecular weight is 483 g/mol. The normalized spacial score (nSPS) is 18.4. The number of sulfone groups is 1. The van der Waals surface area contributed by atoms with Crippen LogP contribution in [0, 0.1) is 11.3 Å². The molecule has 0 unspecified atom stereocenters. The standard InChI is InChI=1S/C22H22N6O5S/c23-8-5-22(6-10-27(11-7-22)21(30)31)28-16-3-9-24-20(29)18(16)19(26-28)25-15-1-2-17-14(13-15)4-12-34(17,32)33/h1-3,9,13H,4-7,10-12H2,(H,24,29)(H,25,26)(H,30,31). The van der Waals surface area contributed by atoms with E-state index in [1.807, 2.05) is 0 Å². The van der Waals surface area contributed by atoms with E-state index >= 15 is 0 Å². The van der Waals surface area contributed by atoms with Crippen molar-refractivity contribution in [3.8, 4) is 6.07 Å². The largest absolute Gasteiger partial charge is 0.465 e. The molecule has 3 aromatic rings. The molecule has 0 atom stereocenters. The highest BCUT2D eigenvalue weighted by molar-refractivity contribution is 7.91. The van der Waals surface area contributed by atoms with Crippen LogP contribution in [0.1, 0.15) is 24.8 Å². The van der Waals surface area contributed by atoms with E-state index in [0.29, 0.717) is 46.3 Å². The van der Waals surface area contributed by atoms with Crippen LogP contribution in [0.2, 0.25) is 0 Å². The van der Waals surface area contributed by atoms with E-state index in [4.69, 9.17) is 5.10 Å². The molecule has 0 saturated carbocycles. The molecule has 2 aromatic heterocycles. The molecule has 2 aliphatic rings. The highest BCUT2D eigenvalue weighted by atomic mass is 32.2. The molecule has 1 saturated heterocycles. The second kappa shape index (κ2) is 7.88. The molecule has 1 fully saturated rings. The lowest BCUT2D eigenvalue weighted by molar-refractivity contribution is 0.0912. The monoisotopic (exact) mass is 482 g/mol. The maximum Gasteiger partial charge on any atom is 0.407 e. The molecule has 0 radical (unpaired) electrons.